The minimum Gasteiger partial charge on any atom is -0.381 e. The van der Waals surface area contributed by atoms with Crippen LogP contribution < -0.4 is 16.0 Å². The molecule has 1 aliphatic heterocycles. The molecule has 0 bridgehead atoms. The second-order valence-electron chi connectivity index (χ2n) is 7.33. The lowest BCUT2D eigenvalue weighted by atomic mass is 10.0. The molecule has 3 aromatic rings. The summed E-state index contributed by atoms with van der Waals surface area (Å²) in [7, 11) is 0. The number of fused-ring (bicyclic) bond motifs is 1. The molecule has 2 aromatic carbocycles. The highest BCUT2D eigenvalue weighted by Crippen LogP contribution is 2.23. The minimum atomic E-state index is -0.0121. The van der Waals surface area contributed by atoms with E-state index < -0.39 is 0 Å². The molecule has 0 fully saturated rings. The first-order chi connectivity index (χ1) is 14.3. The SMILES string of the molecule is O=C(NCCc1cccs1)c1ccc(CNc2cccc3c2CCNCC3)cc1. The summed E-state index contributed by atoms with van der Waals surface area (Å²) in [4.78, 5) is 13.6. The first-order valence-corrected chi connectivity index (χ1v) is 11.1. The van der Waals surface area contributed by atoms with Gasteiger partial charge in [-0.05, 0) is 78.7 Å². The molecule has 150 valence electrons. The number of hydrogen-bond donors (Lipinski definition) is 3. The fourth-order valence-corrected chi connectivity index (χ4v) is 4.43. The van der Waals surface area contributed by atoms with E-state index in [4.69, 9.17) is 0 Å². The lowest BCUT2D eigenvalue weighted by Crippen LogP contribution is -2.25. The molecular weight excluding hydrogens is 378 g/mol. The Morgan fingerprint density at radius 3 is 2.69 bits per heavy atom. The summed E-state index contributed by atoms with van der Waals surface area (Å²) in [5, 5.41) is 12.1. The monoisotopic (exact) mass is 405 g/mol. The highest BCUT2D eigenvalue weighted by atomic mass is 32.1. The predicted octanol–water partition coefficient (Wildman–Crippen LogP) is 4.02. The average Bonchev–Trinajstić information content (AvgIpc) is 3.15. The van der Waals surface area contributed by atoms with Gasteiger partial charge in [0.2, 0.25) is 0 Å². The van der Waals surface area contributed by atoms with Crippen LogP contribution in [0.5, 0.6) is 0 Å². The van der Waals surface area contributed by atoms with Crippen LogP contribution in [0.15, 0.2) is 60.0 Å². The van der Waals surface area contributed by atoms with Crippen molar-refractivity contribution in [2.75, 3.05) is 25.0 Å². The van der Waals surface area contributed by atoms with Crippen LogP contribution in [0.4, 0.5) is 5.69 Å². The Kier molecular flexibility index (Phi) is 6.60. The van der Waals surface area contributed by atoms with Crippen LogP contribution in [0.2, 0.25) is 0 Å². The van der Waals surface area contributed by atoms with E-state index in [0.29, 0.717) is 12.1 Å². The van der Waals surface area contributed by atoms with E-state index in [-0.39, 0.29) is 5.91 Å². The highest BCUT2D eigenvalue weighted by molar-refractivity contribution is 7.09. The van der Waals surface area contributed by atoms with Gasteiger partial charge in [-0.1, -0.05) is 30.3 Å². The first-order valence-electron chi connectivity index (χ1n) is 10.2. The molecule has 0 radical (unpaired) electrons. The van der Waals surface area contributed by atoms with Crippen molar-refractivity contribution in [1.82, 2.24) is 10.6 Å². The van der Waals surface area contributed by atoms with Crippen LogP contribution in [0.25, 0.3) is 0 Å². The summed E-state index contributed by atoms with van der Waals surface area (Å²) in [6.45, 7) is 3.50. The molecular formula is C24H27N3OS. The topological polar surface area (TPSA) is 53.2 Å². The number of nitrogens with one attached hydrogen (secondary N) is 3. The van der Waals surface area contributed by atoms with E-state index in [1.807, 2.05) is 30.3 Å². The predicted molar refractivity (Wildman–Crippen MR) is 121 cm³/mol. The third-order valence-electron chi connectivity index (χ3n) is 5.33. The molecule has 29 heavy (non-hydrogen) atoms. The highest BCUT2D eigenvalue weighted by Gasteiger charge is 2.11. The van der Waals surface area contributed by atoms with Crippen LogP contribution in [0.1, 0.15) is 31.9 Å². The first kappa shape index (κ1) is 19.7. The number of carbonyl (C=O) groups excluding carboxylic acids is 1. The van der Waals surface area contributed by atoms with E-state index in [0.717, 1.165) is 38.9 Å². The zero-order chi connectivity index (χ0) is 19.9. The molecule has 0 unspecified atom stereocenters. The molecule has 1 aliphatic rings. The van der Waals surface area contributed by atoms with E-state index >= 15 is 0 Å². The smallest absolute Gasteiger partial charge is 0.251 e. The van der Waals surface area contributed by atoms with Crippen LogP contribution in [-0.2, 0) is 25.8 Å². The standard InChI is InChI=1S/C24H27N3OS/c28-24(26-15-11-21-4-2-16-29-21)20-8-6-18(7-9-20)17-27-23-5-1-3-19-10-13-25-14-12-22(19)23/h1-9,16,25,27H,10-15,17H2,(H,26,28). The molecule has 2 heterocycles. The molecule has 4 nitrogen and oxygen atoms in total. The van der Waals surface area contributed by atoms with Crippen LogP contribution >= 0.6 is 11.3 Å². The lowest BCUT2D eigenvalue weighted by molar-refractivity contribution is 0.0954. The van der Waals surface area contributed by atoms with E-state index in [9.17, 15) is 4.79 Å². The van der Waals surface area contributed by atoms with Gasteiger partial charge in [-0.2, -0.15) is 0 Å². The molecule has 0 saturated heterocycles. The van der Waals surface area contributed by atoms with Gasteiger partial charge in [0, 0.05) is 29.2 Å². The molecule has 3 N–H and O–H groups in total. The second kappa shape index (κ2) is 9.72. The third-order valence-corrected chi connectivity index (χ3v) is 6.27. The van der Waals surface area contributed by atoms with Gasteiger partial charge < -0.3 is 16.0 Å². The van der Waals surface area contributed by atoms with Gasteiger partial charge in [-0.25, -0.2) is 0 Å². The van der Waals surface area contributed by atoms with E-state index in [2.05, 4.69) is 45.6 Å². The number of thiophene rings is 1. The number of benzene rings is 2. The molecule has 1 amide bonds. The molecule has 0 atom stereocenters. The van der Waals surface area contributed by atoms with E-state index in [1.165, 1.54) is 27.3 Å². The Hall–Kier alpha value is -2.63. The molecule has 1 aromatic heterocycles. The Morgan fingerprint density at radius 1 is 1.00 bits per heavy atom. The van der Waals surface area contributed by atoms with Gasteiger partial charge >= 0.3 is 0 Å². The van der Waals surface area contributed by atoms with E-state index in [1.54, 1.807) is 11.3 Å². The Bertz CT molecular complexity index is 935. The maximum Gasteiger partial charge on any atom is 0.251 e. The van der Waals surface area contributed by atoms with Crippen molar-refractivity contribution in [3.05, 3.63) is 87.1 Å². The molecule has 0 spiro atoms. The third kappa shape index (κ3) is 5.25. The fourth-order valence-electron chi connectivity index (χ4n) is 3.72. The Labute approximate surface area is 176 Å². The summed E-state index contributed by atoms with van der Waals surface area (Å²) < 4.78 is 0. The van der Waals surface area contributed by atoms with Crippen LogP contribution in [0, 0.1) is 0 Å². The number of amides is 1. The second-order valence-corrected chi connectivity index (χ2v) is 8.36. The van der Waals surface area contributed by atoms with Crippen molar-refractivity contribution in [3.63, 3.8) is 0 Å². The number of rotatable bonds is 7. The van der Waals surface area contributed by atoms with Crippen molar-refractivity contribution in [2.24, 2.45) is 0 Å². The summed E-state index contributed by atoms with van der Waals surface area (Å²) >= 11 is 1.72. The Balaban J connectivity index is 1.31. The maximum atomic E-state index is 12.3. The number of carbonyl (C=O) groups is 1. The van der Waals surface area contributed by atoms with Gasteiger partial charge in [0.25, 0.3) is 5.91 Å². The molecule has 5 heteroatoms. The zero-order valence-electron chi connectivity index (χ0n) is 16.5. The minimum absolute atomic E-state index is 0.0121. The quantitative estimate of drug-likeness (QED) is 0.556. The zero-order valence-corrected chi connectivity index (χ0v) is 17.4. The Morgan fingerprint density at radius 2 is 1.86 bits per heavy atom. The number of anilines is 1. The van der Waals surface area contributed by atoms with Crippen LogP contribution in [0.3, 0.4) is 0 Å². The maximum absolute atomic E-state index is 12.3. The van der Waals surface area contributed by atoms with Crippen molar-refractivity contribution in [3.8, 4) is 0 Å². The number of hydrogen-bond acceptors (Lipinski definition) is 4. The average molecular weight is 406 g/mol. The van der Waals surface area contributed by atoms with Gasteiger partial charge in [-0.3, -0.25) is 4.79 Å². The summed E-state index contributed by atoms with van der Waals surface area (Å²) in [5.41, 5.74) is 5.97. The molecule has 0 saturated carbocycles. The molecule has 4 rings (SSSR count). The van der Waals surface area contributed by atoms with Crippen LogP contribution in [-0.4, -0.2) is 25.5 Å². The van der Waals surface area contributed by atoms with Gasteiger partial charge in [-0.15, -0.1) is 11.3 Å². The van der Waals surface area contributed by atoms with Crippen molar-refractivity contribution < 1.29 is 4.79 Å². The molecule has 0 aliphatic carbocycles. The lowest BCUT2D eigenvalue weighted by Gasteiger charge is -2.14. The normalized spacial score (nSPS) is 13.4. The summed E-state index contributed by atoms with van der Waals surface area (Å²) in [6.07, 6.45) is 3.02. The van der Waals surface area contributed by atoms with Crippen molar-refractivity contribution in [2.45, 2.75) is 25.8 Å². The van der Waals surface area contributed by atoms with Gasteiger partial charge in [0.05, 0.1) is 0 Å². The van der Waals surface area contributed by atoms with Crippen molar-refractivity contribution in [1.29, 1.82) is 0 Å². The summed E-state index contributed by atoms with van der Waals surface area (Å²) in [5.74, 6) is -0.0121. The van der Waals surface area contributed by atoms with Gasteiger partial charge in [0.15, 0.2) is 0 Å². The van der Waals surface area contributed by atoms with Crippen molar-refractivity contribution >= 4 is 22.9 Å². The fraction of sp³-hybridized carbons (Fsp3) is 0.292. The van der Waals surface area contributed by atoms with Gasteiger partial charge in [0.1, 0.15) is 0 Å². The largest absolute Gasteiger partial charge is 0.381 e. The summed E-state index contributed by atoms with van der Waals surface area (Å²) in [6, 6.07) is 18.6.